The molecule has 1 heterocycles. The van der Waals surface area contributed by atoms with Gasteiger partial charge in [-0.25, -0.2) is 0 Å². The van der Waals surface area contributed by atoms with Crippen LogP contribution in [0.5, 0.6) is 0 Å². The molecule has 2 rings (SSSR count). The number of nitrogens with zero attached hydrogens (tertiary/aromatic N) is 1. The van der Waals surface area contributed by atoms with Gasteiger partial charge in [0.25, 0.3) is 0 Å². The van der Waals surface area contributed by atoms with Gasteiger partial charge in [-0.3, -0.25) is 4.90 Å². The molecule has 1 aromatic carbocycles. The summed E-state index contributed by atoms with van der Waals surface area (Å²) in [4.78, 5) is 2.42. The van der Waals surface area contributed by atoms with Crippen LogP contribution in [0, 0.1) is 0 Å². The summed E-state index contributed by atoms with van der Waals surface area (Å²) in [7, 11) is 0. The van der Waals surface area contributed by atoms with E-state index in [-0.39, 0.29) is 0 Å². The SMILES string of the molecule is CCN(Cc1cc(Cl)ccc1Cl)CC1CCCN1. The Balaban J connectivity index is 1.98. The van der Waals surface area contributed by atoms with Crippen LogP contribution in [0.1, 0.15) is 25.3 Å². The largest absolute Gasteiger partial charge is 0.313 e. The van der Waals surface area contributed by atoms with Crippen molar-refractivity contribution in [3.05, 3.63) is 33.8 Å². The Morgan fingerprint density at radius 3 is 2.89 bits per heavy atom. The number of hydrogen-bond donors (Lipinski definition) is 1. The van der Waals surface area contributed by atoms with Crippen LogP contribution in [0.2, 0.25) is 10.0 Å². The Hall–Kier alpha value is -0.280. The molecule has 0 spiro atoms. The summed E-state index contributed by atoms with van der Waals surface area (Å²) >= 11 is 12.2. The van der Waals surface area contributed by atoms with Gasteiger partial charge < -0.3 is 5.32 Å². The third kappa shape index (κ3) is 3.86. The van der Waals surface area contributed by atoms with Crippen molar-refractivity contribution >= 4 is 23.2 Å². The lowest BCUT2D eigenvalue weighted by atomic mass is 10.1. The quantitative estimate of drug-likeness (QED) is 0.890. The molecular weight excluding hydrogens is 267 g/mol. The molecule has 2 nitrogen and oxygen atoms in total. The van der Waals surface area contributed by atoms with Gasteiger partial charge in [0.15, 0.2) is 0 Å². The topological polar surface area (TPSA) is 15.3 Å². The molecule has 1 aliphatic heterocycles. The van der Waals surface area contributed by atoms with E-state index in [9.17, 15) is 0 Å². The molecule has 1 unspecified atom stereocenters. The smallest absolute Gasteiger partial charge is 0.0452 e. The minimum Gasteiger partial charge on any atom is -0.313 e. The lowest BCUT2D eigenvalue weighted by Gasteiger charge is -2.24. The number of likely N-dealkylation sites (N-methyl/N-ethyl adjacent to an activating group) is 1. The van der Waals surface area contributed by atoms with Crippen LogP contribution in [-0.2, 0) is 6.54 Å². The summed E-state index contributed by atoms with van der Waals surface area (Å²) in [5.74, 6) is 0. The minimum absolute atomic E-state index is 0.628. The lowest BCUT2D eigenvalue weighted by Crippen LogP contribution is -2.37. The molecule has 0 radical (unpaired) electrons. The van der Waals surface area contributed by atoms with Crippen molar-refractivity contribution in [1.29, 1.82) is 0 Å². The van der Waals surface area contributed by atoms with E-state index in [1.807, 2.05) is 18.2 Å². The Morgan fingerprint density at radius 1 is 1.39 bits per heavy atom. The van der Waals surface area contributed by atoms with Gasteiger partial charge in [-0.2, -0.15) is 0 Å². The molecule has 18 heavy (non-hydrogen) atoms. The van der Waals surface area contributed by atoms with Crippen LogP contribution >= 0.6 is 23.2 Å². The third-order valence-corrected chi connectivity index (χ3v) is 4.09. The predicted octanol–water partition coefficient (Wildman–Crippen LogP) is 3.57. The molecule has 100 valence electrons. The van der Waals surface area contributed by atoms with E-state index >= 15 is 0 Å². The van der Waals surface area contributed by atoms with Gasteiger partial charge in [0.1, 0.15) is 0 Å². The van der Waals surface area contributed by atoms with E-state index in [1.54, 1.807) is 0 Å². The molecule has 1 aliphatic rings. The summed E-state index contributed by atoms with van der Waals surface area (Å²) in [6.45, 7) is 6.32. The first-order chi connectivity index (χ1) is 8.69. The molecule has 0 amide bonds. The van der Waals surface area contributed by atoms with Crippen LogP contribution in [0.3, 0.4) is 0 Å². The molecule has 1 aromatic rings. The Bertz CT molecular complexity index is 389. The van der Waals surface area contributed by atoms with Crippen LogP contribution in [0.15, 0.2) is 18.2 Å². The van der Waals surface area contributed by atoms with Gasteiger partial charge >= 0.3 is 0 Å². The van der Waals surface area contributed by atoms with Crippen molar-refractivity contribution < 1.29 is 0 Å². The zero-order chi connectivity index (χ0) is 13.0. The normalized spacial score (nSPS) is 19.7. The van der Waals surface area contributed by atoms with Crippen LogP contribution in [0.4, 0.5) is 0 Å². The molecule has 0 saturated carbocycles. The summed E-state index contributed by atoms with van der Waals surface area (Å²) in [6, 6.07) is 6.31. The van der Waals surface area contributed by atoms with E-state index < -0.39 is 0 Å². The Kier molecular flexibility index (Phi) is 5.31. The second kappa shape index (κ2) is 6.76. The monoisotopic (exact) mass is 286 g/mol. The number of nitrogens with one attached hydrogen (secondary N) is 1. The lowest BCUT2D eigenvalue weighted by molar-refractivity contribution is 0.253. The van der Waals surface area contributed by atoms with Crippen molar-refractivity contribution in [1.82, 2.24) is 10.2 Å². The molecule has 0 aromatic heterocycles. The molecule has 1 saturated heterocycles. The second-order valence-corrected chi connectivity index (χ2v) is 5.70. The first-order valence-electron chi connectivity index (χ1n) is 6.58. The maximum absolute atomic E-state index is 6.21. The number of rotatable bonds is 5. The van der Waals surface area contributed by atoms with E-state index in [4.69, 9.17) is 23.2 Å². The van der Waals surface area contributed by atoms with Gasteiger partial charge in [0.05, 0.1) is 0 Å². The van der Waals surface area contributed by atoms with Crippen molar-refractivity contribution in [2.75, 3.05) is 19.6 Å². The third-order valence-electron chi connectivity index (χ3n) is 3.49. The van der Waals surface area contributed by atoms with E-state index in [0.717, 1.165) is 41.8 Å². The van der Waals surface area contributed by atoms with Gasteiger partial charge in [-0.15, -0.1) is 0 Å². The van der Waals surface area contributed by atoms with Crippen LogP contribution in [0.25, 0.3) is 0 Å². The summed E-state index contributed by atoms with van der Waals surface area (Å²) in [5.41, 5.74) is 1.11. The highest BCUT2D eigenvalue weighted by atomic mass is 35.5. The van der Waals surface area contributed by atoms with E-state index in [1.165, 1.54) is 12.8 Å². The number of halogens is 2. The maximum atomic E-state index is 6.21. The molecule has 0 aliphatic carbocycles. The standard InChI is InChI=1S/C14H20Cl2N2/c1-2-18(10-13-4-3-7-17-13)9-11-8-12(15)5-6-14(11)16/h5-6,8,13,17H,2-4,7,9-10H2,1H3. The first kappa shape index (κ1) is 14.1. The predicted molar refractivity (Wildman–Crippen MR) is 78.4 cm³/mol. The highest BCUT2D eigenvalue weighted by Gasteiger charge is 2.17. The van der Waals surface area contributed by atoms with Crippen molar-refractivity contribution in [2.24, 2.45) is 0 Å². The fraction of sp³-hybridized carbons (Fsp3) is 0.571. The van der Waals surface area contributed by atoms with Crippen molar-refractivity contribution in [3.63, 3.8) is 0 Å². The van der Waals surface area contributed by atoms with Gasteiger partial charge in [0.2, 0.25) is 0 Å². The Labute approximate surface area is 119 Å². The average Bonchev–Trinajstić information content (AvgIpc) is 2.85. The van der Waals surface area contributed by atoms with Crippen LogP contribution in [-0.4, -0.2) is 30.6 Å². The highest BCUT2D eigenvalue weighted by Crippen LogP contribution is 2.22. The van der Waals surface area contributed by atoms with Crippen molar-refractivity contribution in [2.45, 2.75) is 32.4 Å². The first-order valence-corrected chi connectivity index (χ1v) is 7.34. The van der Waals surface area contributed by atoms with Gasteiger partial charge in [0, 0.05) is 29.2 Å². The zero-order valence-electron chi connectivity index (χ0n) is 10.8. The fourth-order valence-electron chi connectivity index (χ4n) is 2.44. The zero-order valence-corrected chi connectivity index (χ0v) is 12.3. The maximum Gasteiger partial charge on any atom is 0.0452 e. The minimum atomic E-state index is 0.628. The highest BCUT2D eigenvalue weighted by molar-refractivity contribution is 6.33. The van der Waals surface area contributed by atoms with Crippen LogP contribution < -0.4 is 5.32 Å². The molecule has 1 atom stereocenters. The summed E-state index contributed by atoms with van der Waals surface area (Å²) in [5, 5.41) is 5.09. The molecule has 1 fully saturated rings. The summed E-state index contributed by atoms with van der Waals surface area (Å²) in [6.07, 6.45) is 2.57. The number of hydrogen-bond acceptors (Lipinski definition) is 2. The average molecular weight is 287 g/mol. The number of benzene rings is 1. The van der Waals surface area contributed by atoms with Gasteiger partial charge in [-0.1, -0.05) is 30.1 Å². The van der Waals surface area contributed by atoms with Gasteiger partial charge in [-0.05, 0) is 49.7 Å². The fourth-order valence-corrected chi connectivity index (χ4v) is 2.81. The molecule has 1 N–H and O–H groups in total. The molecule has 0 bridgehead atoms. The Morgan fingerprint density at radius 2 is 2.22 bits per heavy atom. The summed E-state index contributed by atoms with van der Waals surface area (Å²) < 4.78 is 0. The van der Waals surface area contributed by atoms with E-state index in [0.29, 0.717) is 6.04 Å². The molecular formula is C14H20Cl2N2. The van der Waals surface area contributed by atoms with E-state index in [2.05, 4.69) is 17.1 Å². The second-order valence-electron chi connectivity index (χ2n) is 4.86. The van der Waals surface area contributed by atoms with Crippen molar-refractivity contribution in [3.8, 4) is 0 Å². The molecule has 4 heteroatoms.